The number of Topliss-reactive ketones (excluding diaryl/α,β-unsaturated/α-hetero) is 1. The number of benzene rings is 1. The molecule has 1 rings (SSSR count). The van der Waals surface area contributed by atoms with Crippen LogP contribution in [-0.4, -0.2) is 23.5 Å². The molecule has 0 saturated heterocycles. The highest BCUT2D eigenvalue weighted by atomic mass is 16.3. The van der Waals surface area contributed by atoms with Crippen LogP contribution >= 0.6 is 0 Å². The first-order chi connectivity index (χ1) is 7.99. The summed E-state index contributed by atoms with van der Waals surface area (Å²) in [6.45, 7) is 6.27. The van der Waals surface area contributed by atoms with Crippen LogP contribution in [0.25, 0.3) is 0 Å². The van der Waals surface area contributed by atoms with E-state index in [0.29, 0.717) is 18.0 Å². The summed E-state index contributed by atoms with van der Waals surface area (Å²) >= 11 is 0. The molecule has 0 radical (unpaired) electrons. The van der Waals surface area contributed by atoms with E-state index in [2.05, 4.69) is 19.2 Å². The van der Waals surface area contributed by atoms with Crippen LogP contribution in [0.1, 0.15) is 37.6 Å². The molecule has 0 amide bonds. The van der Waals surface area contributed by atoms with Crippen LogP contribution in [0.3, 0.4) is 0 Å². The normalized spacial score (nSPS) is 12.5. The Balaban J connectivity index is 2.44. The number of nitrogens with one attached hydrogen (secondary N) is 1. The predicted octanol–water partition coefficient (Wildman–Crippen LogP) is 2.71. The summed E-state index contributed by atoms with van der Waals surface area (Å²) in [5.41, 5.74) is 1.64. The van der Waals surface area contributed by atoms with Crippen molar-refractivity contribution in [3.63, 3.8) is 0 Å². The van der Waals surface area contributed by atoms with Gasteiger partial charge in [-0.15, -0.1) is 0 Å². The van der Waals surface area contributed by atoms with Crippen molar-refractivity contribution in [3.05, 3.63) is 29.8 Å². The summed E-state index contributed by atoms with van der Waals surface area (Å²) in [7, 11) is 0. The van der Waals surface area contributed by atoms with Crippen LogP contribution in [0.15, 0.2) is 24.3 Å². The molecular weight excluding hydrogens is 214 g/mol. The average Bonchev–Trinajstić information content (AvgIpc) is 2.26. The zero-order valence-corrected chi connectivity index (χ0v) is 10.7. The van der Waals surface area contributed by atoms with Crippen molar-refractivity contribution in [1.82, 2.24) is 0 Å². The fraction of sp³-hybridized carbons (Fsp3) is 0.500. The fourth-order valence-electron chi connectivity index (χ4n) is 1.69. The molecule has 3 nitrogen and oxygen atoms in total. The van der Waals surface area contributed by atoms with Gasteiger partial charge in [0, 0.05) is 17.8 Å². The Morgan fingerprint density at radius 1 is 1.29 bits per heavy atom. The lowest BCUT2D eigenvalue weighted by molar-refractivity contribution is 0.101. The molecule has 0 aromatic heterocycles. The zero-order chi connectivity index (χ0) is 12.8. The van der Waals surface area contributed by atoms with Gasteiger partial charge in [-0.1, -0.05) is 13.8 Å². The third-order valence-corrected chi connectivity index (χ3v) is 2.58. The van der Waals surface area contributed by atoms with Crippen molar-refractivity contribution < 1.29 is 9.90 Å². The number of rotatable bonds is 6. The molecule has 2 N–H and O–H groups in total. The number of carbonyl (C=O) groups is 1. The van der Waals surface area contributed by atoms with E-state index in [1.54, 1.807) is 19.1 Å². The van der Waals surface area contributed by atoms with Crippen molar-refractivity contribution in [3.8, 4) is 0 Å². The first kappa shape index (κ1) is 13.7. The second kappa shape index (κ2) is 6.40. The van der Waals surface area contributed by atoms with Gasteiger partial charge < -0.3 is 10.4 Å². The molecule has 94 valence electrons. The lowest BCUT2D eigenvalue weighted by atomic mass is 10.1. The van der Waals surface area contributed by atoms with E-state index >= 15 is 0 Å². The number of anilines is 1. The molecule has 0 aliphatic rings. The van der Waals surface area contributed by atoms with E-state index in [9.17, 15) is 9.90 Å². The molecule has 0 saturated carbocycles. The van der Waals surface area contributed by atoms with Crippen molar-refractivity contribution in [2.75, 3.05) is 11.9 Å². The number of hydrogen-bond donors (Lipinski definition) is 2. The van der Waals surface area contributed by atoms with E-state index in [1.165, 1.54) is 0 Å². The van der Waals surface area contributed by atoms with E-state index in [1.807, 2.05) is 12.1 Å². The minimum absolute atomic E-state index is 0.0661. The van der Waals surface area contributed by atoms with Crippen molar-refractivity contribution in [1.29, 1.82) is 0 Å². The monoisotopic (exact) mass is 235 g/mol. The quantitative estimate of drug-likeness (QED) is 0.745. The van der Waals surface area contributed by atoms with Crippen molar-refractivity contribution in [2.24, 2.45) is 5.92 Å². The number of ketones is 1. The largest absolute Gasteiger partial charge is 0.391 e. The van der Waals surface area contributed by atoms with Gasteiger partial charge in [-0.3, -0.25) is 4.79 Å². The molecule has 0 aliphatic heterocycles. The first-order valence-corrected chi connectivity index (χ1v) is 6.02. The maximum absolute atomic E-state index is 11.1. The van der Waals surface area contributed by atoms with E-state index in [0.717, 1.165) is 12.1 Å². The summed E-state index contributed by atoms with van der Waals surface area (Å²) in [6, 6.07) is 7.30. The topological polar surface area (TPSA) is 49.3 Å². The summed E-state index contributed by atoms with van der Waals surface area (Å²) in [5, 5.41) is 12.9. The Morgan fingerprint density at radius 2 is 1.88 bits per heavy atom. The average molecular weight is 235 g/mol. The maximum Gasteiger partial charge on any atom is 0.159 e. The highest BCUT2D eigenvalue weighted by molar-refractivity contribution is 5.94. The fourth-order valence-corrected chi connectivity index (χ4v) is 1.69. The SMILES string of the molecule is CC(=O)c1ccc(NCC(O)CC(C)C)cc1. The molecule has 1 aromatic rings. The molecule has 0 bridgehead atoms. The van der Waals surface area contributed by atoms with Crippen LogP contribution in [-0.2, 0) is 0 Å². The Kier molecular flexibility index (Phi) is 5.16. The van der Waals surface area contributed by atoms with Crippen LogP contribution in [0, 0.1) is 5.92 Å². The maximum atomic E-state index is 11.1. The van der Waals surface area contributed by atoms with E-state index in [-0.39, 0.29) is 11.9 Å². The highest BCUT2D eigenvalue weighted by Crippen LogP contribution is 2.11. The summed E-state index contributed by atoms with van der Waals surface area (Å²) in [5.74, 6) is 0.559. The van der Waals surface area contributed by atoms with Gasteiger partial charge in [-0.05, 0) is 43.5 Å². The molecule has 0 fully saturated rings. The Morgan fingerprint density at radius 3 is 2.35 bits per heavy atom. The van der Waals surface area contributed by atoms with Gasteiger partial charge in [0.25, 0.3) is 0 Å². The molecule has 0 spiro atoms. The van der Waals surface area contributed by atoms with Gasteiger partial charge >= 0.3 is 0 Å². The van der Waals surface area contributed by atoms with Crippen LogP contribution in [0.2, 0.25) is 0 Å². The van der Waals surface area contributed by atoms with Crippen molar-refractivity contribution >= 4 is 11.5 Å². The minimum Gasteiger partial charge on any atom is -0.391 e. The minimum atomic E-state index is -0.331. The van der Waals surface area contributed by atoms with E-state index < -0.39 is 0 Å². The third-order valence-electron chi connectivity index (χ3n) is 2.58. The molecule has 1 unspecified atom stereocenters. The van der Waals surface area contributed by atoms with E-state index in [4.69, 9.17) is 0 Å². The smallest absolute Gasteiger partial charge is 0.159 e. The third kappa shape index (κ3) is 5.00. The Bertz CT molecular complexity index is 357. The Hall–Kier alpha value is -1.35. The molecule has 0 aliphatic carbocycles. The lowest BCUT2D eigenvalue weighted by Gasteiger charge is -2.14. The predicted molar refractivity (Wildman–Crippen MR) is 70.4 cm³/mol. The second-order valence-corrected chi connectivity index (χ2v) is 4.80. The molecule has 17 heavy (non-hydrogen) atoms. The summed E-state index contributed by atoms with van der Waals surface area (Å²) in [6.07, 6.45) is 0.459. The van der Waals surface area contributed by atoms with Crippen molar-refractivity contribution in [2.45, 2.75) is 33.3 Å². The molecule has 1 atom stereocenters. The molecule has 1 aromatic carbocycles. The van der Waals surface area contributed by atoms with Gasteiger partial charge in [0.05, 0.1) is 6.10 Å². The van der Waals surface area contributed by atoms with Crippen LogP contribution in [0.4, 0.5) is 5.69 Å². The number of aliphatic hydroxyl groups excluding tert-OH is 1. The van der Waals surface area contributed by atoms with Gasteiger partial charge in [0.15, 0.2) is 5.78 Å². The van der Waals surface area contributed by atoms with Crippen LogP contribution < -0.4 is 5.32 Å². The second-order valence-electron chi connectivity index (χ2n) is 4.80. The first-order valence-electron chi connectivity index (χ1n) is 6.02. The summed E-state index contributed by atoms with van der Waals surface area (Å²) in [4.78, 5) is 11.1. The van der Waals surface area contributed by atoms with Gasteiger partial charge in [-0.25, -0.2) is 0 Å². The summed E-state index contributed by atoms with van der Waals surface area (Å²) < 4.78 is 0. The lowest BCUT2D eigenvalue weighted by Crippen LogP contribution is -2.21. The standard InChI is InChI=1S/C14H21NO2/c1-10(2)8-14(17)9-15-13-6-4-12(5-7-13)11(3)16/h4-7,10,14-15,17H,8-9H2,1-3H3. The Labute approximate surface area is 103 Å². The number of carbonyl (C=O) groups excluding carboxylic acids is 1. The van der Waals surface area contributed by atoms with Gasteiger partial charge in [-0.2, -0.15) is 0 Å². The molecular formula is C14H21NO2. The number of aliphatic hydroxyl groups is 1. The van der Waals surface area contributed by atoms with Gasteiger partial charge in [0.2, 0.25) is 0 Å². The zero-order valence-electron chi connectivity index (χ0n) is 10.7. The molecule has 0 heterocycles. The highest BCUT2D eigenvalue weighted by Gasteiger charge is 2.06. The van der Waals surface area contributed by atoms with Crippen LogP contribution in [0.5, 0.6) is 0 Å². The van der Waals surface area contributed by atoms with Gasteiger partial charge in [0.1, 0.15) is 0 Å². The number of hydrogen-bond acceptors (Lipinski definition) is 3. The molecule has 3 heteroatoms.